The van der Waals surface area contributed by atoms with Crippen LogP contribution in [0.5, 0.6) is 0 Å². The highest BCUT2D eigenvalue weighted by molar-refractivity contribution is 7.89. The SMILES string of the molecule is Cc1ccc(S(=O)(=O)N2CC(O)(C3CC3)C2)cc1. The summed E-state index contributed by atoms with van der Waals surface area (Å²) in [6, 6.07) is 6.83. The van der Waals surface area contributed by atoms with E-state index in [1.54, 1.807) is 24.3 Å². The van der Waals surface area contributed by atoms with E-state index >= 15 is 0 Å². The zero-order valence-electron chi connectivity index (χ0n) is 10.3. The molecule has 1 aliphatic carbocycles. The molecule has 1 saturated carbocycles. The van der Waals surface area contributed by atoms with Crippen LogP contribution in [0.25, 0.3) is 0 Å². The van der Waals surface area contributed by atoms with Gasteiger partial charge >= 0.3 is 0 Å². The van der Waals surface area contributed by atoms with Crippen molar-refractivity contribution in [1.82, 2.24) is 4.31 Å². The predicted molar refractivity (Wildman–Crippen MR) is 67.6 cm³/mol. The largest absolute Gasteiger partial charge is 0.387 e. The van der Waals surface area contributed by atoms with Gasteiger partial charge < -0.3 is 5.11 Å². The van der Waals surface area contributed by atoms with Gasteiger partial charge in [0.05, 0.1) is 10.5 Å². The normalized spacial score (nSPS) is 23.7. The van der Waals surface area contributed by atoms with Crippen LogP contribution < -0.4 is 0 Å². The number of aliphatic hydroxyl groups is 1. The molecule has 0 bridgehead atoms. The third-order valence-electron chi connectivity index (χ3n) is 3.90. The lowest BCUT2D eigenvalue weighted by Crippen LogP contribution is -2.64. The Morgan fingerprint density at radius 2 is 1.78 bits per heavy atom. The van der Waals surface area contributed by atoms with Gasteiger partial charge in [-0.15, -0.1) is 0 Å². The van der Waals surface area contributed by atoms with E-state index < -0.39 is 15.6 Å². The molecule has 1 heterocycles. The van der Waals surface area contributed by atoms with E-state index in [9.17, 15) is 13.5 Å². The van der Waals surface area contributed by atoms with E-state index in [0.29, 0.717) is 10.8 Å². The molecule has 1 aromatic carbocycles. The molecular weight excluding hydrogens is 250 g/mol. The Morgan fingerprint density at radius 1 is 1.22 bits per heavy atom. The van der Waals surface area contributed by atoms with Crippen LogP contribution >= 0.6 is 0 Å². The summed E-state index contributed by atoms with van der Waals surface area (Å²) >= 11 is 0. The molecule has 1 N–H and O–H groups in total. The van der Waals surface area contributed by atoms with Crippen molar-refractivity contribution >= 4 is 10.0 Å². The highest BCUT2D eigenvalue weighted by Crippen LogP contribution is 2.45. The van der Waals surface area contributed by atoms with Crippen LogP contribution in [0.3, 0.4) is 0 Å². The van der Waals surface area contributed by atoms with Crippen LogP contribution in [0, 0.1) is 12.8 Å². The van der Waals surface area contributed by atoms with Crippen LogP contribution in [0.4, 0.5) is 0 Å². The second-order valence-corrected chi connectivity index (χ2v) is 7.40. The molecule has 2 fully saturated rings. The lowest BCUT2D eigenvalue weighted by molar-refractivity contribution is -0.0764. The van der Waals surface area contributed by atoms with Crippen molar-refractivity contribution in [1.29, 1.82) is 0 Å². The van der Waals surface area contributed by atoms with Gasteiger partial charge in [-0.2, -0.15) is 4.31 Å². The maximum absolute atomic E-state index is 12.3. The van der Waals surface area contributed by atoms with Crippen molar-refractivity contribution < 1.29 is 13.5 Å². The van der Waals surface area contributed by atoms with Crippen LogP contribution in [-0.2, 0) is 10.0 Å². The molecule has 4 nitrogen and oxygen atoms in total. The minimum Gasteiger partial charge on any atom is -0.387 e. The number of rotatable bonds is 3. The van der Waals surface area contributed by atoms with E-state index in [-0.39, 0.29) is 13.1 Å². The molecule has 1 aliphatic heterocycles. The summed E-state index contributed by atoms with van der Waals surface area (Å²) < 4.78 is 25.9. The molecule has 18 heavy (non-hydrogen) atoms. The number of sulfonamides is 1. The minimum atomic E-state index is -3.42. The maximum atomic E-state index is 12.3. The number of β-amino-alcohol motifs (C(OH)–C–C–N with tert-alkyl or cyclic N) is 1. The topological polar surface area (TPSA) is 57.6 Å². The van der Waals surface area contributed by atoms with Crippen LogP contribution in [-0.4, -0.2) is 36.5 Å². The minimum absolute atomic E-state index is 0.244. The lowest BCUT2D eigenvalue weighted by atomic mass is 9.91. The van der Waals surface area contributed by atoms with Crippen molar-refractivity contribution in [2.45, 2.75) is 30.3 Å². The fraction of sp³-hybridized carbons (Fsp3) is 0.538. The van der Waals surface area contributed by atoms with Crippen LogP contribution in [0.1, 0.15) is 18.4 Å². The summed E-state index contributed by atoms with van der Waals surface area (Å²) in [6.07, 6.45) is 2.05. The Hall–Kier alpha value is -0.910. The highest BCUT2D eigenvalue weighted by atomic mass is 32.2. The van der Waals surface area contributed by atoms with Crippen LogP contribution in [0.2, 0.25) is 0 Å². The van der Waals surface area contributed by atoms with Crippen molar-refractivity contribution in [2.75, 3.05) is 13.1 Å². The monoisotopic (exact) mass is 267 g/mol. The van der Waals surface area contributed by atoms with Gasteiger partial charge in [0, 0.05) is 13.1 Å². The first-order chi connectivity index (χ1) is 8.42. The zero-order chi connectivity index (χ0) is 13.0. The Bertz CT molecular complexity index is 554. The number of aryl methyl sites for hydroxylation is 1. The second-order valence-electron chi connectivity index (χ2n) is 5.46. The molecule has 0 unspecified atom stereocenters. The van der Waals surface area contributed by atoms with E-state index in [4.69, 9.17) is 0 Å². The first-order valence-electron chi connectivity index (χ1n) is 6.21. The molecule has 0 atom stereocenters. The number of benzene rings is 1. The third-order valence-corrected chi connectivity index (χ3v) is 5.70. The van der Waals surface area contributed by atoms with Gasteiger partial charge in [-0.25, -0.2) is 8.42 Å². The Kier molecular flexibility index (Phi) is 2.56. The number of hydrogen-bond acceptors (Lipinski definition) is 3. The van der Waals surface area contributed by atoms with Gasteiger partial charge in [-0.05, 0) is 37.8 Å². The molecule has 1 aromatic rings. The fourth-order valence-corrected chi connectivity index (χ4v) is 4.04. The summed E-state index contributed by atoms with van der Waals surface area (Å²) in [5.74, 6) is 0.307. The fourth-order valence-electron chi connectivity index (χ4n) is 2.47. The summed E-state index contributed by atoms with van der Waals surface area (Å²) in [7, 11) is -3.42. The Morgan fingerprint density at radius 3 is 2.28 bits per heavy atom. The molecule has 98 valence electrons. The molecule has 1 saturated heterocycles. The molecule has 3 rings (SSSR count). The maximum Gasteiger partial charge on any atom is 0.243 e. The van der Waals surface area contributed by atoms with E-state index in [1.807, 2.05) is 6.92 Å². The van der Waals surface area contributed by atoms with Crippen molar-refractivity contribution in [3.63, 3.8) is 0 Å². The van der Waals surface area contributed by atoms with Gasteiger partial charge in [0.1, 0.15) is 0 Å². The van der Waals surface area contributed by atoms with Crippen molar-refractivity contribution in [3.05, 3.63) is 29.8 Å². The molecule has 0 spiro atoms. The number of nitrogens with zero attached hydrogens (tertiary/aromatic N) is 1. The highest BCUT2D eigenvalue weighted by Gasteiger charge is 2.55. The molecule has 0 aromatic heterocycles. The van der Waals surface area contributed by atoms with Crippen molar-refractivity contribution in [2.24, 2.45) is 5.92 Å². The average Bonchev–Trinajstić information content (AvgIpc) is 3.09. The van der Waals surface area contributed by atoms with Crippen LogP contribution in [0.15, 0.2) is 29.2 Å². The Labute approximate surface area is 107 Å². The first kappa shape index (κ1) is 12.1. The van der Waals surface area contributed by atoms with Crippen molar-refractivity contribution in [3.8, 4) is 0 Å². The van der Waals surface area contributed by atoms with Gasteiger partial charge in [0.2, 0.25) is 10.0 Å². The molecule has 0 radical (unpaired) electrons. The molecule has 2 aliphatic rings. The van der Waals surface area contributed by atoms with E-state index in [0.717, 1.165) is 18.4 Å². The summed E-state index contributed by atoms with van der Waals surface area (Å²) in [4.78, 5) is 0.311. The van der Waals surface area contributed by atoms with Gasteiger partial charge in [0.15, 0.2) is 0 Å². The molecule has 0 amide bonds. The Balaban J connectivity index is 1.78. The van der Waals surface area contributed by atoms with Gasteiger partial charge in [-0.3, -0.25) is 0 Å². The predicted octanol–water partition coefficient (Wildman–Crippen LogP) is 1.14. The van der Waals surface area contributed by atoms with Gasteiger partial charge in [0.25, 0.3) is 0 Å². The summed E-state index contributed by atoms with van der Waals surface area (Å²) in [5.41, 5.74) is 0.268. The first-order valence-corrected chi connectivity index (χ1v) is 7.65. The lowest BCUT2D eigenvalue weighted by Gasteiger charge is -2.45. The molecular formula is C13H17NO3S. The zero-order valence-corrected chi connectivity index (χ0v) is 11.2. The average molecular weight is 267 g/mol. The van der Waals surface area contributed by atoms with E-state index in [1.165, 1.54) is 4.31 Å². The standard InChI is InChI=1S/C13H17NO3S/c1-10-2-6-12(7-3-10)18(16,17)14-8-13(15,9-14)11-4-5-11/h2-3,6-7,11,15H,4-5,8-9H2,1H3. The smallest absolute Gasteiger partial charge is 0.243 e. The molecule has 5 heteroatoms. The summed E-state index contributed by atoms with van der Waals surface area (Å²) in [6.45, 7) is 2.41. The number of hydrogen-bond donors (Lipinski definition) is 1. The van der Waals surface area contributed by atoms with E-state index in [2.05, 4.69) is 0 Å². The van der Waals surface area contributed by atoms with Gasteiger partial charge in [-0.1, -0.05) is 17.7 Å². The second kappa shape index (κ2) is 3.79. The summed E-state index contributed by atoms with van der Waals surface area (Å²) in [5, 5.41) is 10.2. The third kappa shape index (κ3) is 1.86. The quantitative estimate of drug-likeness (QED) is 0.893.